The van der Waals surface area contributed by atoms with Crippen LogP contribution in [0, 0.1) is 0 Å². The van der Waals surface area contributed by atoms with Gasteiger partial charge in [0, 0.05) is 25.7 Å². The first-order valence-electron chi connectivity index (χ1n) is 3.91. The number of hydrogen-bond donors (Lipinski definition) is 2. The molecule has 2 heteroatoms. The topological polar surface area (TPSA) is 24.1 Å². The maximum absolute atomic E-state index is 3.38. The molecule has 1 aliphatic rings. The Bertz CT molecular complexity index is 127. The van der Waals surface area contributed by atoms with Crippen LogP contribution in [0.5, 0.6) is 0 Å². The number of nitrogens with one attached hydrogen (secondary N) is 2. The molecule has 2 N–H and O–H groups in total. The zero-order chi connectivity index (χ0) is 7.40. The van der Waals surface area contributed by atoms with Crippen LogP contribution >= 0.6 is 0 Å². The Morgan fingerprint density at radius 3 is 3.00 bits per heavy atom. The van der Waals surface area contributed by atoms with E-state index in [9.17, 15) is 0 Å². The summed E-state index contributed by atoms with van der Waals surface area (Å²) in [5.41, 5.74) is 1.49. The highest BCUT2D eigenvalue weighted by atomic mass is 14.9. The Morgan fingerprint density at radius 1 is 1.70 bits per heavy atom. The maximum Gasteiger partial charge on any atom is 0.0180 e. The summed E-state index contributed by atoms with van der Waals surface area (Å²) in [4.78, 5) is 0. The summed E-state index contributed by atoms with van der Waals surface area (Å²) in [6, 6.07) is 0.599. The lowest BCUT2D eigenvalue weighted by Gasteiger charge is -2.07. The van der Waals surface area contributed by atoms with Crippen LogP contribution in [0.3, 0.4) is 0 Å². The third-order valence-corrected chi connectivity index (χ3v) is 1.62. The Hall–Kier alpha value is -0.340. The van der Waals surface area contributed by atoms with Gasteiger partial charge < -0.3 is 10.6 Å². The molecular weight excluding hydrogens is 124 g/mol. The van der Waals surface area contributed by atoms with Crippen LogP contribution < -0.4 is 10.6 Å². The monoisotopic (exact) mass is 140 g/mol. The third-order valence-electron chi connectivity index (χ3n) is 1.62. The second-order valence-electron chi connectivity index (χ2n) is 3.03. The summed E-state index contributed by atoms with van der Waals surface area (Å²) in [6.07, 6.45) is 2.26. The van der Waals surface area contributed by atoms with Crippen LogP contribution in [-0.2, 0) is 0 Å². The first-order valence-corrected chi connectivity index (χ1v) is 3.91. The molecule has 0 bridgehead atoms. The molecule has 0 radical (unpaired) electrons. The summed E-state index contributed by atoms with van der Waals surface area (Å²) < 4.78 is 0. The van der Waals surface area contributed by atoms with Gasteiger partial charge in [0.15, 0.2) is 0 Å². The molecule has 2 nitrogen and oxygen atoms in total. The molecule has 0 unspecified atom stereocenters. The highest BCUT2D eigenvalue weighted by Gasteiger charge is 2.02. The highest BCUT2D eigenvalue weighted by Crippen LogP contribution is 1.96. The molecule has 1 rings (SSSR count). The zero-order valence-electron chi connectivity index (χ0n) is 6.78. The average molecular weight is 140 g/mol. The van der Waals surface area contributed by atoms with Crippen molar-refractivity contribution in [3.05, 3.63) is 11.6 Å². The van der Waals surface area contributed by atoms with Gasteiger partial charge in [-0.1, -0.05) is 19.9 Å². The Balaban J connectivity index is 2.13. The Labute approximate surface area is 62.7 Å². The van der Waals surface area contributed by atoms with E-state index in [-0.39, 0.29) is 0 Å². The van der Waals surface area contributed by atoms with Crippen molar-refractivity contribution < 1.29 is 0 Å². The van der Waals surface area contributed by atoms with E-state index >= 15 is 0 Å². The molecule has 0 aromatic carbocycles. The molecule has 10 heavy (non-hydrogen) atoms. The predicted octanol–water partition coefficient (Wildman–Crippen LogP) is 0.514. The number of rotatable bonds is 3. The van der Waals surface area contributed by atoms with Crippen LogP contribution in [0.25, 0.3) is 0 Å². The first-order chi connectivity index (χ1) is 4.79. The molecule has 1 aliphatic heterocycles. The van der Waals surface area contributed by atoms with E-state index in [1.807, 2.05) is 0 Å². The van der Waals surface area contributed by atoms with Gasteiger partial charge in [0.1, 0.15) is 0 Å². The summed E-state index contributed by atoms with van der Waals surface area (Å²) in [6.45, 7) is 7.51. The lowest BCUT2D eigenvalue weighted by Crippen LogP contribution is -2.26. The molecule has 0 aromatic rings. The van der Waals surface area contributed by atoms with Gasteiger partial charge in [0.25, 0.3) is 0 Å². The fourth-order valence-electron chi connectivity index (χ4n) is 0.991. The fourth-order valence-corrected chi connectivity index (χ4v) is 0.991. The lowest BCUT2D eigenvalue weighted by atomic mass is 10.2. The van der Waals surface area contributed by atoms with Gasteiger partial charge in [-0.2, -0.15) is 0 Å². The van der Waals surface area contributed by atoms with E-state index in [1.54, 1.807) is 0 Å². The molecule has 0 amide bonds. The van der Waals surface area contributed by atoms with Crippen molar-refractivity contribution in [1.82, 2.24) is 10.6 Å². The first kappa shape index (κ1) is 7.76. The van der Waals surface area contributed by atoms with Gasteiger partial charge in [0.2, 0.25) is 0 Å². The van der Waals surface area contributed by atoms with Gasteiger partial charge in [0.05, 0.1) is 0 Å². The van der Waals surface area contributed by atoms with Crippen LogP contribution in [0.2, 0.25) is 0 Å². The molecule has 1 heterocycles. The molecule has 0 aliphatic carbocycles. The van der Waals surface area contributed by atoms with Crippen molar-refractivity contribution in [2.24, 2.45) is 0 Å². The summed E-state index contributed by atoms with van der Waals surface area (Å²) >= 11 is 0. The van der Waals surface area contributed by atoms with E-state index in [4.69, 9.17) is 0 Å². The molecule has 0 atom stereocenters. The van der Waals surface area contributed by atoms with Crippen molar-refractivity contribution >= 4 is 0 Å². The van der Waals surface area contributed by atoms with Crippen LogP contribution in [0.4, 0.5) is 0 Å². The molecule has 0 fully saturated rings. The maximum atomic E-state index is 3.38. The summed E-state index contributed by atoms with van der Waals surface area (Å²) in [5.74, 6) is 0. The molecule has 0 spiro atoms. The quantitative estimate of drug-likeness (QED) is 0.558. The summed E-state index contributed by atoms with van der Waals surface area (Å²) in [7, 11) is 0. The van der Waals surface area contributed by atoms with Crippen LogP contribution in [0.1, 0.15) is 13.8 Å². The average Bonchev–Trinajstić information content (AvgIpc) is 2.34. The van der Waals surface area contributed by atoms with Gasteiger partial charge >= 0.3 is 0 Å². The Kier molecular flexibility index (Phi) is 2.90. The second-order valence-corrected chi connectivity index (χ2v) is 3.03. The van der Waals surface area contributed by atoms with Gasteiger partial charge in [-0.15, -0.1) is 0 Å². The highest BCUT2D eigenvalue weighted by molar-refractivity contribution is 5.12. The van der Waals surface area contributed by atoms with E-state index in [0.717, 1.165) is 19.6 Å². The van der Waals surface area contributed by atoms with E-state index in [1.165, 1.54) is 5.57 Å². The normalized spacial score (nSPS) is 18.1. The molecule has 0 saturated heterocycles. The second kappa shape index (κ2) is 3.74. The summed E-state index contributed by atoms with van der Waals surface area (Å²) in [5, 5.41) is 6.64. The SMILES string of the molecule is CC(C)NCC1=CCNC1. The molecule has 58 valence electrons. The van der Waals surface area contributed by atoms with Gasteiger partial charge in [-0.3, -0.25) is 0 Å². The third kappa shape index (κ3) is 2.50. The van der Waals surface area contributed by atoms with Gasteiger partial charge in [-0.05, 0) is 5.57 Å². The number of hydrogen-bond acceptors (Lipinski definition) is 2. The minimum atomic E-state index is 0.599. The van der Waals surface area contributed by atoms with E-state index in [0.29, 0.717) is 6.04 Å². The zero-order valence-corrected chi connectivity index (χ0v) is 6.78. The molecule has 0 aromatic heterocycles. The van der Waals surface area contributed by atoms with Crippen molar-refractivity contribution in [3.63, 3.8) is 0 Å². The van der Waals surface area contributed by atoms with Crippen molar-refractivity contribution in [2.45, 2.75) is 19.9 Å². The van der Waals surface area contributed by atoms with Crippen molar-refractivity contribution in [1.29, 1.82) is 0 Å². The van der Waals surface area contributed by atoms with Crippen molar-refractivity contribution in [2.75, 3.05) is 19.6 Å². The lowest BCUT2D eigenvalue weighted by molar-refractivity contribution is 0.617. The Morgan fingerprint density at radius 2 is 2.50 bits per heavy atom. The fraction of sp³-hybridized carbons (Fsp3) is 0.750. The van der Waals surface area contributed by atoms with Crippen LogP contribution in [0.15, 0.2) is 11.6 Å². The molecule has 0 saturated carbocycles. The van der Waals surface area contributed by atoms with E-state index < -0.39 is 0 Å². The molecular formula is C8H16N2. The predicted molar refractivity (Wildman–Crippen MR) is 44.1 cm³/mol. The van der Waals surface area contributed by atoms with Crippen molar-refractivity contribution in [3.8, 4) is 0 Å². The van der Waals surface area contributed by atoms with E-state index in [2.05, 4.69) is 30.6 Å². The largest absolute Gasteiger partial charge is 0.311 e. The minimum Gasteiger partial charge on any atom is -0.311 e. The van der Waals surface area contributed by atoms with Gasteiger partial charge in [-0.25, -0.2) is 0 Å². The standard InChI is InChI=1S/C8H16N2/c1-7(2)10-6-8-3-4-9-5-8/h3,7,9-10H,4-6H2,1-2H3. The smallest absolute Gasteiger partial charge is 0.0180 e. The van der Waals surface area contributed by atoms with Crippen LogP contribution in [-0.4, -0.2) is 25.7 Å². The minimum absolute atomic E-state index is 0.599.